The largest absolute Gasteiger partial charge is 0.310 e. The third-order valence-corrected chi connectivity index (χ3v) is 15.3. The summed E-state index contributed by atoms with van der Waals surface area (Å²) in [5.41, 5.74) is 23.2. The highest BCUT2D eigenvalue weighted by molar-refractivity contribution is 6.05. The molecular weight excluding hydrogens is 881 g/mol. The molecule has 0 amide bonds. The Kier molecular flexibility index (Phi) is 10.1. The number of anilines is 6. The molecule has 0 aromatic heterocycles. The molecule has 2 heteroatoms. The summed E-state index contributed by atoms with van der Waals surface area (Å²) >= 11 is 0. The Balaban J connectivity index is 1.08. The molecule has 2 aliphatic carbocycles. The summed E-state index contributed by atoms with van der Waals surface area (Å²) in [6, 6.07) is 107. The standard InChI is InChI=1S/C71H48N2/c1-4-21-49(22-5-1)50-39-43-56(44-40-50)73(68-37-19-15-30-58(68)51-23-6-2-7-24-51)70-59(53-41-45-55(46-42-53)72(54-27-8-3-9-28-54)67-38-20-26-52-25-10-11-29-57(52)67)47-48-63-62-33-14-18-36-66(62)71(69(63)70)64-34-16-12-31-60(64)61-32-13-17-35-65(61)71/h1-48H. The average Bonchev–Trinajstić information content (AvgIpc) is 3.94. The van der Waals surface area contributed by atoms with Gasteiger partial charge >= 0.3 is 0 Å². The number of para-hydroxylation sites is 2. The third kappa shape index (κ3) is 6.72. The number of benzene rings is 12. The van der Waals surface area contributed by atoms with E-state index in [4.69, 9.17) is 0 Å². The molecule has 0 fully saturated rings. The van der Waals surface area contributed by atoms with Crippen molar-refractivity contribution in [2.24, 2.45) is 0 Å². The van der Waals surface area contributed by atoms with Crippen LogP contribution in [0.4, 0.5) is 34.1 Å². The molecule has 0 saturated carbocycles. The lowest BCUT2D eigenvalue weighted by molar-refractivity contribution is 0.793. The van der Waals surface area contributed by atoms with Gasteiger partial charge in [-0.05, 0) is 115 Å². The molecule has 0 aliphatic heterocycles. The Morgan fingerprint density at radius 3 is 1.29 bits per heavy atom. The van der Waals surface area contributed by atoms with Crippen molar-refractivity contribution < 1.29 is 0 Å². The van der Waals surface area contributed by atoms with Gasteiger partial charge in [-0.15, -0.1) is 0 Å². The van der Waals surface area contributed by atoms with E-state index in [2.05, 4.69) is 301 Å². The first-order valence-corrected chi connectivity index (χ1v) is 25.3. The minimum Gasteiger partial charge on any atom is -0.310 e. The third-order valence-electron chi connectivity index (χ3n) is 15.3. The summed E-state index contributed by atoms with van der Waals surface area (Å²) < 4.78 is 0. The molecule has 342 valence electrons. The van der Waals surface area contributed by atoms with Gasteiger partial charge in [0.15, 0.2) is 0 Å². The molecule has 2 nitrogen and oxygen atoms in total. The molecule has 0 N–H and O–H groups in total. The van der Waals surface area contributed by atoms with E-state index in [-0.39, 0.29) is 0 Å². The van der Waals surface area contributed by atoms with E-state index in [1.165, 1.54) is 66.4 Å². The van der Waals surface area contributed by atoms with Crippen molar-refractivity contribution in [2.45, 2.75) is 5.41 Å². The zero-order valence-corrected chi connectivity index (χ0v) is 40.1. The van der Waals surface area contributed by atoms with Gasteiger partial charge in [-0.1, -0.05) is 243 Å². The minimum atomic E-state index is -0.632. The summed E-state index contributed by atoms with van der Waals surface area (Å²) in [7, 11) is 0. The lowest BCUT2D eigenvalue weighted by Gasteiger charge is -2.38. The van der Waals surface area contributed by atoms with Crippen molar-refractivity contribution in [3.8, 4) is 55.6 Å². The van der Waals surface area contributed by atoms with E-state index in [1.54, 1.807) is 0 Å². The molecule has 0 saturated heterocycles. The summed E-state index contributed by atoms with van der Waals surface area (Å²) in [6.45, 7) is 0. The smallest absolute Gasteiger partial charge is 0.0746 e. The average molecular weight is 929 g/mol. The maximum atomic E-state index is 2.59. The highest BCUT2D eigenvalue weighted by atomic mass is 15.2. The molecule has 12 aromatic rings. The van der Waals surface area contributed by atoms with Crippen molar-refractivity contribution in [2.75, 3.05) is 9.80 Å². The van der Waals surface area contributed by atoms with Gasteiger partial charge in [-0.3, -0.25) is 0 Å². The molecule has 14 rings (SSSR count). The molecular formula is C71H48N2. The van der Waals surface area contributed by atoms with E-state index < -0.39 is 5.41 Å². The first-order valence-electron chi connectivity index (χ1n) is 25.3. The highest BCUT2D eigenvalue weighted by Crippen LogP contribution is 2.67. The van der Waals surface area contributed by atoms with Crippen LogP contribution in [0.1, 0.15) is 22.3 Å². The quantitative estimate of drug-likeness (QED) is 0.142. The van der Waals surface area contributed by atoms with Gasteiger partial charge < -0.3 is 9.80 Å². The summed E-state index contributed by atoms with van der Waals surface area (Å²) in [5, 5.41) is 2.41. The number of hydrogen-bond acceptors (Lipinski definition) is 2. The van der Waals surface area contributed by atoms with Crippen LogP contribution in [0.3, 0.4) is 0 Å². The van der Waals surface area contributed by atoms with Crippen molar-refractivity contribution >= 4 is 44.9 Å². The normalized spacial score (nSPS) is 12.5. The van der Waals surface area contributed by atoms with Crippen LogP contribution >= 0.6 is 0 Å². The van der Waals surface area contributed by atoms with Gasteiger partial charge in [0.25, 0.3) is 0 Å². The first kappa shape index (κ1) is 42.4. The molecule has 12 aromatic carbocycles. The van der Waals surface area contributed by atoms with Gasteiger partial charge in [0.1, 0.15) is 0 Å². The topological polar surface area (TPSA) is 6.48 Å². The summed E-state index contributed by atoms with van der Waals surface area (Å²) in [6.07, 6.45) is 0. The number of fused-ring (bicyclic) bond motifs is 11. The maximum Gasteiger partial charge on any atom is 0.0746 e. The Morgan fingerprint density at radius 2 is 0.644 bits per heavy atom. The molecule has 0 bridgehead atoms. The van der Waals surface area contributed by atoms with Crippen LogP contribution in [0, 0.1) is 0 Å². The Morgan fingerprint density at radius 1 is 0.233 bits per heavy atom. The summed E-state index contributed by atoms with van der Waals surface area (Å²) in [4.78, 5) is 4.98. The molecule has 2 aliphatic rings. The van der Waals surface area contributed by atoms with Crippen LogP contribution in [-0.4, -0.2) is 0 Å². The van der Waals surface area contributed by atoms with Crippen molar-refractivity contribution in [3.63, 3.8) is 0 Å². The zero-order chi connectivity index (χ0) is 48.3. The van der Waals surface area contributed by atoms with Crippen LogP contribution in [0.5, 0.6) is 0 Å². The predicted octanol–water partition coefficient (Wildman–Crippen LogP) is 19.1. The molecule has 0 heterocycles. The fourth-order valence-electron chi connectivity index (χ4n) is 12.2. The Labute approximate surface area is 427 Å². The fraction of sp³-hybridized carbons (Fsp3) is 0.0141. The number of nitrogens with zero attached hydrogens (tertiary/aromatic N) is 2. The van der Waals surface area contributed by atoms with Crippen molar-refractivity contribution in [3.05, 3.63) is 313 Å². The van der Waals surface area contributed by atoms with Gasteiger partial charge in [-0.2, -0.15) is 0 Å². The van der Waals surface area contributed by atoms with Crippen LogP contribution in [0.25, 0.3) is 66.4 Å². The molecule has 0 unspecified atom stereocenters. The molecule has 0 atom stereocenters. The van der Waals surface area contributed by atoms with Crippen LogP contribution in [0.15, 0.2) is 291 Å². The Bertz CT molecular complexity index is 3940. The monoisotopic (exact) mass is 928 g/mol. The van der Waals surface area contributed by atoms with E-state index in [1.807, 2.05) is 0 Å². The van der Waals surface area contributed by atoms with Crippen LogP contribution < -0.4 is 9.80 Å². The van der Waals surface area contributed by atoms with Gasteiger partial charge in [-0.25, -0.2) is 0 Å². The lowest BCUT2D eigenvalue weighted by Crippen LogP contribution is -2.28. The predicted molar refractivity (Wildman–Crippen MR) is 306 cm³/mol. The second-order valence-electron chi connectivity index (χ2n) is 19.1. The second kappa shape index (κ2) is 17.4. The van der Waals surface area contributed by atoms with Crippen LogP contribution in [-0.2, 0) is 5.41 Å². The molecule has 1 spiro atoms. The number of hydrogen-bond donors (Lipinski definition) is 0. The Hall–Kier alpha value is -9.50. The highest BCUT2D eigenvalue weighted by Gasteiger charge is 2.54. The van der Waals surface area contributed by atoms with E-state index in [0.29, 0.717) is 0 Å². The van der Waals surface area contributed by atoms with E-state index in [0.717, 1.165) is 56.4 Å². The zero-order valence-electron chi connectivity index (χ0n) is 40.1. The van der Waals surface area contributed by atoms with Gasteiger partial charge in [0.2, 0.25) is 0 Å². The van der Waals surface area contributed by atoms with E-state index >= 15 is 0 Å². The second-order valence-corrected chi connectivity index (χ2v) is 19.1. The van der Waals surface area contributed by atoms with Crippen molar-refractivity contribution in [1.29, 1.82) is 0 Å². The first-order chi connectivity index (χ1) is 36.3. The van der Waals surface area contributed by atoms with Gasteiger partial charge in [0.05, 0.1) is 22.5 Å². The molecule has 0 radical (unpaired) electrons. The lowest BCUT2D eigenvalue weighted by atomic mass is 9.69. The van der Waals surface area contributed by atoms with Crippen molar-refractivity contribution in [1.82, 2.24) is 0 Å². The number of rotatable bonds is 9. The summed E-state index contributed by atoms with van der Waals surface area (Å²) in [5.74, 6) is 0. The van der Waals surface area contributed by atoms with Gasteiger partial charge in [0, 0.05) is 39.1 Å². The van der Waals surface area contributed by atoms with Crippen LogP contribution in [0.2, 0.25) is 0 Å². The maximum absolute atomic E-state index is 2.59. The SMILES string of the molecule is c1ccc(-c2ccc(N(c3ccccc3-c3ccccc3)c3c(-c4ccc(N(c5ccccc5)c5cccc6ccccc56)cc4)ccc4c3C3(c5ccccc5-c5ccccc53)c3ccccc3-4)cc2)cc1. The molecule has 73 heavy (non-hydrogen) atoms. The fourth-order valence-corrected chi connectivity index (χ4v) is 12.2. The minimum absolute atomic E-state index is 0.632. The van der Waals surface area contributed by atoms with E-state index in [9.17, 15) is 0 Å².